The Hall–Kier alpha value is -1.71. The van der Waals surface area contributed by atoms with Crippen molar-refractivity contribution < 1.29 is 0 Å². The molecular formula is C17H21N3. The topological polar surface area (TPSA) is 42.2 Å². The number of rotatable bonds is 3. The predicted octanol–water partition coefficient (Wildman–Crippen LogP) is 2.53. The van der Waals surface area contributed by atoms with Gasteiger partial charge < -0.3 is 5.73 Å². The molecule has 0 saturated carbocycles. The highest BCUT2D eigenvalue weighted by molar-refractivity contribution is 5.63. The van der Waals surface area contributed by atoms with E-state index in [2.05, 4.69) is 41.1 Å². The van der Waals surface area contributed by atoms with Crippen molar-refractivity contribution >= 4 is 0 Å². The Labute approximate surface area is 120 Å². The van der Waals surface area contributed by atoms with Crippen LogP contribution in [0.25, 0.3) is 11.1 Å². The molecular weight excluding hydrogens is 246 g/mol. The van der Waals surface area contributed by atoms with Gasteiger partial charge in [-0.1, -0.05) is 25.1 Å². The third kappa shape index (κ3) is 2.89. The van der Waals surface area contributed by atoms with Crippen molar-refractivity contribution in [1.82, 2.24) is 9.88 Å². The zero-order valence-electron chi connectivity index (χ0n) is 11.9. The van der Waals surface area contributed by atoms with Gasteiger partial charge in [-0.15, -0.1) is 0 Å². The molecule has 2 N–H and O–H groups in total. The molecule has 1 aliphatic heterocycles. The first-order valence-electron chi connectivity index (χ1n) is 7.19. The highest BCUT2D eigenvalue weighted by Gasteiger charge is 2.26. The highest BCUT2D eigenvalue weighted by atomic mass is 15.2. The summed E-state index contributed by atoms with van der Waals surface area (Å²) in [5, 5.41) is 0. The summed E-state index contributed by atoms with van der Waals surface area (Å²) in [5.74, 6) is 0.596. The molecule has 1 aliphatic rings. The Morgan fingerprint density at radius 1 is 1.15 bits per heavy atom. The lowest BCUT2D eigenvalue weighted by atomic mass is 10.0. The molecule has 3 heteroatoms. The maximum atomic E-state index is 6.09. The molecule has 0 radical (unpaired) electrons. The second-order valence-corrected chi connectivity index (χ2v) is 5.77. The lowest BCUT2D eigenvalue weighted by Crippen LogP contribution is -2.28. The Kier molecular flexibility index (Phi) is 3.81. The van der Waals surface area contributed by atoms with E-state index >= 15 is 0 Å². The van der Waals surface area contributed by atoms with Crippen LogP contribution in [0.5, 0.6) is 0 Å². The number of likely N-dealkylation sites (tertiary alicyclic amines) is 1. The molecule has 1 fully saturated rings. The van der Waals surface area contributed by atoms with Crippen LogP contribution in [-0.4, -0.2) is 29.0 Å². The van der Waals surface area contributed by atoms with Crippen molar-refractivity contribution in [2.75, 3.05) is 13.1 Å². The Morgan fingerprint density at radius 3 is 2.65 bits per heavy atom. The fourth-order valence-electron chi connectivity index (χ4n) is 2.88. The van der Waals surface area contributed by atoms with Gasteiger partial charge in [-0.2, -0.15) is 0 Å². The first-order chi connectivity index (χ1) is 9.72. The third-order valence-corrected chi connectivity index (χ3v) is 4.09. The summed E-state index contributed by atoms with van der Waals surface area (Å²) in [4.78, 5) is 6.52. The summed E-state index contributed by atoms with van der Waals surface area (Å²) in [6.07, 6.45) is 3.67. The molecule has 104 valence electrons. The van der Waals surface area contributed by atoms with Crippen molar-refractivity contribution in [2.45, 2.75) is 19.5 Å². The quantitative estimate of drug-likeness (QED) is 0.929. The van der Waals surface area contributed by atoms with Crippen LogP contribution in [-0.2, 0) is 6.54 Å². The molecule has 2 atom stereocenters. The van der Waals surface area contributed by atoms with E-state index in [1.165, 1.54) is 16.7 Å². The monoisotopic (exact) mass is 267 g/mol. The maximum Gasteiger partial charge on any atom is 0.0273 e. The molecule has 0 aliphatic carbocycles. The van der Waals surface area contributed by atoms with Crippen LogP contribution in [0.1, 0.15) is 12.5 Å². The van der Waals surface area contributed by atoms with Gasteiger partial charge in [0.05, 0.1) is 0 Å². The zero-order chi connectivity index (χ0) is 13.9. The van der Waals surface area contributed by atoms with Gasteiger partial charge in [-0.3, -0.25) is 9.88 Å². The standard InChI is InChI=1S/C17H21N3/c1-13-10-20(12-17(13)18)11-14-3-2-4-16(9-14)15-5-7-19-8-6-15/h2-9,13,17H,10-12,18H2,1H3. The van der Waals surface area contributed by atoms with Gasteiger partial charge in [0.1, 0.15) is 0 Å². The molecule has 0 bridgehead atoms. The van der Waals surface area contributed by atoms with E-state index in [0.717, 1.165) is 19.6 Å². The van der Waals surface area contributed by atoms with E-state index in [0.29, 0.717) is 12.0 Å². The number of hydrogen-bond acceptors (Lipinski definition) is 3. The smallest absolute Gasteiger partial charge is 0.0273 e. The molecule has 2 heterocycles. The van der Waals surface area contributed by atoms with Gasteiger partial charge in [-0.25, -0.2) is 0 Å². The van der Waals surface area contributed by atoms with E-state index in [1.807, 2.05) is 24.5 Å². The minimum atomic E-state index is 0.318. The summed E-state index contributed by atoms with van der Waals surface area (Å²) < 4.78 is 0. The van der Waals surface area contributed by atoms with Gasteiger partial charge in [-0.05, 0) is 40.8 Å². The average molecular weight is 267 g/mol. The highest BCUT2D eigenvalue weighted by Crippen LogP contribution is 2.22. The van der Waals surface area contributed by atoms with Gasteiger partial charge in [0.15, 0.2) is 0 Å². The zero-order valence-corrected chi connectivity index (χ0v) is 11.9. The summed E-state index contributed by atoms with van der Waals surface area (Å²) in [6.45, 7) is 5.32. The minimum absolute atomic E-state index is 0.318. The largest absolute Gasteiger partial charge is 0.326 e. The molecule has 20 heavy (non-hydrogen) atoms. The Bertz CT molecular complexity index is 557. The normalized spacial score (nSPS) is 23.1. The third-order valence-electron chi connectivity index (χ3n) is 4.09. The molecule has 0 amide bonds. The molecule has 3 nitrogen and oxygen atoms in total. The van der Waals surface area contributed by atoms with Crippen LogP contribution in [0.3, 0.4) is 0 Å². The van der Waals surface area contributed by atoms with Gasteiger partial charge in [0.2, 0.25) is 0 Å². The van der Waals surface area contributed by atoms with E-state index in [1.54, 1.807) is 0 Å². The van der Waals surface area contributed by atoms with Gasteiger partial charge in [0, 0.05) is 38.1 Å². The van der Waals surface area contributed by atoms with Gasteiger partial charge in [0.25, 0.3) is 0 Å². The summed E-state index contributed by atoms with van der Waals surface area (Å²) in [5.41, 5.74) is 9.91. The number of aromatic nitrogens is 1. The lowest BCUT2D eigenvalue weighted by Gasteiger charge is -2.16. The minimum Gasteiger partial charge on any atom is -0.326 e. The maximum absolute atomic E-state index is 6.09. The van der Waals surface area contributed by atoms with Crippen LogP contribution in [0.2, 0.25) is 0 Å². The van der Waals surface area contributed by atoms with E-state index in [9.17, 15) is 0 Å². The molecule has 1 aromatic heterocycles. The second kappa shape index (κ2) is 5.73. The van der Waals surface area contributed by atoms with E-state index in [4.69, 9.17) is 5.73 Å². The summed E-state index contributed by atoms with van der Waals surface area (Å²) in [7, 11) is 0. The molecule has 1 aromatic carbocycles. The molecule has 0 spiro atoms. The van der Waals surface area contributed by atoms with E-state index < -0.39 is 0 Å². The Balaban J connectivity index is 1.75. The first-order valence-corrected chi connectivity index (χ1v) is 7.19. The fraction of sp³-hybridized carbons (Fsp3) is 0.353. The number of hydrogen-bond donors (Lipinski definition) is 1. The number of nitrogens with two attached hydrogens (primary N) is 1. The van der Waals surface area contributed by atoms with E-state index in [-0.39, 0.29) is 0 Å². The summed E-state index contributed by atoms with van der Waals surface area (Å²) >= 11 is 0. The average Bonchev–Trinajstić information content (AvgIpc) is 2.78. The summed E-state index contributed by atoms with van der Waals surface area (Å²) in [6, 6.07) is 13.2. The van der Waals surface area contributed by atoms with Crippen molar-refractivity contribution in [3.05, 3.63) is 54.4 Å². The first kappa shape index (κ1) is 13.3. The SMILES string of the molecule is CC1CN(Cc2cccc(-c3ccncc3)c2)CC1N. The lowest BCUT2D eigenvalue weighted by molar-refractivity contribution is 0.319. The number of nitrogens with zero attached hydrogens (tertiary/aromatic N) is 2. The molecule has 2 aromatic rings. The number of benzene rings is 1. The van der Waals surface area contributed by atoms with Crippen molar-refractivity contribution in [2.24, 2.45) is 11.7 Å². The van der Waals surface area contributed by atoms with Crippen LogP contribution in [0.15, 0.2) is 48.8 Å². The number of pyridine rings is 1. The van der Waals surface area contributed by atoms with Crippen LogP contribution in [0.4, 0.5) is 0 Å². The molecule has 2 unspecified atom stereocenters. The molecule has 3 rings (SSSR count). The van der Waals surface area contributed by atoms with Crippen molar-refractivity contribution in [1.29, 1.82) is 0 Å². The fourth-order valence-corrected chi connectivity index (χ4v) is 2.88. The van der Waals surface area contributed by atoms with Crippen molar-refractivity contribution in [3.63, 3.8) is 0 Å². The van der Waals surface area contributed by atoms with Crippen molar-refractivity contribution in [3.8, 4) is 11.1 Å². The van der Waals surface area contributed by atoms with Crippen LogP contribution in [0, 0.1) is 5.92 Å². The van der Waals surface area contributed by atoms with Crippen LogP contribution >= 0.6 is 0 Å². The second-order valence-electron chi connectivity index (χ2n) is 5.77. The van der Waals surface area contributed by atoms with Crippen LogP contribution < -0.4 is 5.73 Å². The molecule has 1 saturated heterocycles. The predicted molar refractivity (Wildman–Crippen MR) is 82.1 cm³/mol. The van der Waals surface area contributed by atoms with Gasteiger partial charge >= 0.3 is 0 Å². The Morgan fingerprint density at radius 2 is 1.95 bits per heavy atom.